The van der Waals surface area contributed by atoms with Crippen LogP contribution in [0.4, 0.5) is 0 Å². The monoisotopic (exact) mass is 266 g/mol. The Hall–Kier alpha value is -2.01. The Kier molecular flexibility index (Phi) is 6.46. The molecule has 0 radical (unpaired) electrons. The van der Waals surface area contributed by atoms with E-state index in [0.29, 0.717) is 18.1 Å². The van der Waals surface area contributed by atoms with E-state index in [1.807, 2.05) is 6.07 Å². The van der Waals surface area contributed by atoms with Crippen molar-refractivity contribution >= 4 is 12.0 Å². The third-order valence-corrected chi connectivity index (χ3v) is 2.23. The molecule has 0 saturated heterocycles. The first-order valence-electron chi connectivity index (χ1n) is 5.86. The minimum Gasteiger partial charge on any atom is -0.492 e. The third kappa shape index (κ3) is 4.63. The van der Waals surface area contributed by atoms with Crippen molar-refractivity contribution in [3.63, 3.8) is 0 Å². The Morgan fingerprint density at radius 1 is 1.32 bits per heavy atom. The van der Waals surface area contributed by atoms with Crippen LogP contribution in [-0.4, -0.2) is 33.6 Å². The number of carbonyl (C=O) groups is 1. The van der Waals surface area contributed by atoms with Gasteiger partial charge in [0.15, 0.2) is 18.3 Å². The van der Waals surface area contributed by atoms with Gasteiger partial charge in [-0.15, -0.1) is 0 Å². The van der Waals surface area contributed by atoms with Crippen molar-refractivity contribution < 1.29 is 23.7 Å². The minimum atomic E-state index is -0.396. The van der Waals surface area contributed by atoms with Crippen LogP contribution in [-0.2, 0) is 14.3 Å². The standard InChI is InChI=1S/C14H18O5/c1-4-18-13(15)9-8-11-6-5-7-12(14(11)17-3)19-10-16-2/h5-9H,4,10H2,1-3H3/b9-8+. The van der Waals surface area contributed by atoms with Gasteiger partial charge in [0.25, 0.3) is 0 Å². The molecule has 104 valence electrons. The number of para-hydroxylation sites is 1. The largest absolute Gasteiger partial charge is 0.492 e. The van der Waals surface area contributed by atoms with Gasteiger partial charge >= 0.3 is 5.97 Å². The lowest BCUT2D eigenvalue weighted by Crippen LogP contribution is -2.02. The van der Waals surface area contributed by atoms with Gasteiger partial charge in [-0.05, 0) is 19.1 Å². The van der Waals surface area contributed by atoms with Gasteiger partial charge in [-0.1, -0.05) is 12.1 Å². The Bertz CT molecular complexity index is 439. The highest BCUT2D eigenvalue weighted by molar-refractivity contribution is 5.87. The molecule has 0 aromatic heterocycles. The highest BCUT2D eigenvalue weighted by Crippen LogP contribution is 2.31. The fourth-order valence-corrected chi connectivity index (χ4v) is 1.47. The number of ether oxygens (including phenoxy) is 4. The Morgan fingerprint density at radius 2 is 2.11 bits per heavy atom. The van der Waals surface area contributed by atoms with Crippen molar-refractivity contribution in [3.05, 3.63) is 29.8 Å². The second-order valence-electron chi connectivity index (χ2n) is 3.51. The molecule has 0 spiro atoms. The van der Waals surface area contributed by atoms with E-state index in [1.165, 1.54) is 20.3 Å². The summed E-state index contributed by atoms with van der Waals surface area (Å²) in [6.07, 6.45) is 2.97. The van der Waals surface area contributed by atoms with Gasteiger partial charge in [-0.2, -0.15) is 0 Å². The number of methoxy groups -OCH3 is 2. The maximum atomic E-state index is 11.3. The van der Waals surface area contributed by atoms with Crippen molar-refractivity contribution in [2.45, 2.75) is 6.92 Å². The Morgan fingerprint density at radius 3 is 2.74 bits per heavy atom. The fraction of sp³-hybridized carbons (Fsp3) is 0.357. The summed E-state index contributed by atoms with van der Waals surface area (Å²) >= 11 is 0. The molecule has 0 bridgehead atoms. The minimum absolute atomic E-state index is 0.126. The van der Waals surface area contributed by atoms with Crippen LogP contribution < -0.4 is 9.47 Å². The van der Waals surface area contributed by atoms with Gasteiger partial charge in [0.05, 0.1) is 13.7 Å². The van der Waals surface area contributed by atoms with Gasteiger partial charge in [-0.3, -0.25) is 0 Å². The van der Waals surface area contributed by atoms with Crippen molar-refractivity contribution in [1.82, 2.24) is 0 Å². The Balaban J connectivity index is 2.91. The van der Waals surface area contributed by atoms with E-state index >= 15 is 0 Å². The van der Waals surface area contributed by atoms with Crippen LogP contribution in [0, 0.1) is 0 Å². The van der Waals surface area contributed by atoms with E-state index in [1.54, 1.807) is 25.1 Å². The smallest absolute Gasteiger partial charge is 0.330 e. The molecule has 5 nitrogen and oxygen atoms in total. The topological polar surface area (TPSA) is 54.0 Å². The van der Waals surface area contributed by atoms with Crippen molar-refractivity contribution in [2.75, 3.05) is 27.6 Å². The molecule has 0 fully saturated rings. The lowest BCUT2D eigenvalue weighted by molar-refractivity contribution is -0.137. The normalized spacial score (nSPS) is 10.5. The summed E-state index contributed by atoms with van der Waals surface area (Å²) in [7, 11) is 3.08. The van der Waals surface area contributed by atoms with E-state index in [2.05, 4.69) is 0 Å². The molecule has 0 aliphatic carbocycles. The highest BCUT2D eigenvalue weighted by atomic mass is 16.7. The summed E-state index contributed by atoms with van der Waals surface area (Å²) in [5.74, 6) is 0.697. The van der Waals surface area contributed by atoms with E-state index in [4.69, 9.17) is 18.9 Å². The first-order valence-corrected chi connectivity index (χ1v) is 5.86. The molecule has 1 aromatic rings. The molecule has 0 unspecified atom stereocenters. The molecule has 1 rings (SSSR count). The molecule has 0 aliphatic heterocycles. The summed E-state index contributed by atoms with van der Waals surface area (Å²) in [6, 6.07) is 5.38. The van der Waals surface area contributed by atoms with Crippen LogP contribution in [0.1, 0.15) is 12.5 Å². The predicted molar refractivity (Wildman–Crippen MR) is 71.2 cm³/mol. The maximum Gasteiger partial charge on any atom is 0.330 e. The number of hydrogen-bond donors (Lipinski definition) is 0. The lowest BCUT2D eigenvalue weighted by atomic mass is 10.1. The predicted octanol–water partition coefficient (Wildman–Crippen LogP) is 2.25. The molecule has 0 atom stereocenters. The number of benzene rings is 1. The molecular formula is C14H18O5. The highest BCUT2D eigenvalue weighted by Gasteiger charge is 2.08. The van der Waals surface area contributed by atoms with E-state index < -0.39 is 5.97 Å². The molecule has 19 heavy (non-hydrogen) atoms. The molecular weight excluding hydrogens is 248 g/mol. The fourth-order valence-electron chi connectivity index (χ4n) is 1.47. The van der Waals surface area contributed by atoms with Crippen LogP contribution in [0.5, 0.6) is 11.5 Å². The average Bonchev–Trinajstić information content (AvgIpc) is 2.43. The summed E-state index contributed by atoms with van der Waals surface area (Å²) in [6.45, 7) is 2.23. The number of rotatable bonds is 7. The lowest BCUT2D eigenvalue weighted by Gasteiger charge is -2.11. The summed E-state index contributed by atoms with van der Waals surface area (Å²) in [4.78, 5) is 11.3. The van der Waals surface area contributed by atoms with Crippen molar-refractivity contribution in [2.24, 2.45) is 0 Å². The van der Waals surface area contributed by atoms with Gasteiger partial charge in [0, 0.05) is 18.7 Å². The molecule has 1 aromatic carbocycles. The number of carbonyl (C=O) groups excluding carboxylic acids is 1. The van der Waals surface area contributed by atoms with Gasteiger partial charge in [0.1, 0.15) is 0 Å². The van der Waals surface area contributed by atoms with Crippen LogP contribution in [0.25, 0.3) is 6.08 Å². The van der Waals surface area contributed by atoms with Crippen LogP contribution in [0.3, 0.4) is 0 Å². The summed E-state index contributed by atoms with van der Waals surface area (Å²) in [5.41, 5.74) is 0.726. The SMILES string of the molecule is CCOC(=O)/C=C/c1cccc(OCOC)c1OC. The van der Waals surface area contributed by atoms with E-state index in [0.717, 1.165) is 5.56 Å². The van der Waals surface area contributed by atoms with Crippen LogP contribution in [0.2, 0.25) is 0 Å². The molecule has 0 aliphatic rings. The van der Waals surface area contributed by atoms with Crippen LogP contribution >= 0.6 is 0 Å². The van der Waals surface area contributed by atoms with Crippen LogP contribution in [0.15, 0.2) is 24.3 Å². The second-order valence-corrected chi connectivity index (χ2v) is 3.51. The molecule has 0 N–H and O–H groups in total. The van der Waals surface area contributed by atoms with Gasteiger partial charge in [0.2, 0.25) is 0 Å². The van der Waals surface area contributed by atoms with Gasteiger partial charge in [-0.25, -0.2) is 4.79 Å². The molecule has 0 heterocycles. The maximum absolute atomic E-state index is 11.3. The summed E-state index contributed by atoms with van der Waals surface area (Å²) in [5, 5.41) is 0. The average molecular weight is 266 g/mol. The van der Waals surface area contributed by atoms with E-state index in [-0.39, 0.29) is 6.79 Å². The third-order valence-electron chi connectivity index (χ3n) is 2.23. The van der Waals surface area contributed by atoms with Crippen molar-refractivity contribution in [1.29, 1.82) is 0 Å². The van der Waals surface area contributed by atoms with Crippen molar-refractivity contribution in [3.8, 4) is 11.5 Å². The summed E-state index contributed by atoms with van der Waals surface area (Å²) < 4.78 is 20.3. The number of esters is 1. The zero-order valence-corrected chi connectivity index (χ0v) is 11.3. The zero-order valence-electron chi connectivity index (χ0n) is 11.3. The molecule has 0 amide bonds. The zero-order chi connectivity index (χ0) is 14.1. The Labute approximate surface area is 112 Å². The quantitative estimate of drug-likeness (QED) is 0.430. The first-order chi connectivity index (χ1) is 9.22. The molecule has 0 saturated carbocycles. The van der Waals surface area contributed by atoms with Gasteiger partial charge < -0.3 is 18.9 Å². The number of hydrogen-bond acceptors (Lipinski definition) is 5. The molecule has 5 heteroatoms. The first kappa shape index (κ1) is 15.0. The van der Waals surface area contributed by atoms with E-state index in [9.17, 15) is 4.79 Å². The second kappa shape index (κ2) is 8.16.